The van der Waals surface area contributed by atoms with Crippen LogP contribution in [-0.2, 0) is 13.5 Å². The van der Waals surface area contributed by atoms with Crippen LogP contribution in [0.4, 0.5) is 0 Å². The molecule has 2 heterocycles. The molecule has 0 fully saturated rings. The lowest BCUT2D eigenvalue weighted by molar-refractivity contribution is 0.432. The zero-order valence-electron chi connectivity index (χ0n) is 11.2. The fourth-order valence-corrected chi connectivity index (χ4v) is 2.03. The van der Waals surface area contributed by atoms with Gasteiger partial charge in [0.05, 0.1) is 11.3 Å². The van der Waals surface area contributed by atoms with Crippen molar-refractivity contribution in [2.45, 2.75) is 13.3 Å². The largest absolute Gasteiger partial charge is 0.508 e. The van der Waals surface area contributed by atoms with Crippen molar-refractivity contribution in [3.05, 3.63) is 36.2 Å². The quantitative estimate of drug-likeness (QED) is 0.790. The van der Waals surface area contributed by atoms with E-state index in [2.05, 4.69) is 15.2 Å². The molecule has 3 aromatic rings. The zero-order chi connectivity index (χ0) is 14.1. The van der Waals surface area contributed by atoms with Crippen molar-refractivity contribution in [1.82, 2.24) is 19.9 Å². The first-order valence-electron chi connectivity index (χ1n) is 6.33. The molecule has 0 aliphatic carbocycles. The molecule has 3 rings (SSSR count). The third-order valence-electron chi connectivity index (χ3n) is 3.02. The molecule has 0 spiro atoms. The van der Waals surface area contributed by atoms with E-state index < -0.39 is 0 Å². The maximum atomic E-state index is 9.28. The SMILES string of the molecule is CCc1nn(C)cc1-c1nc(-c2ccc(O)cc2)no1. The Kier molecular flexibility index (Phi) is 2.98. The van der Waals surface area contributed by atoms with Gasteiger partial charge in [-0.15, -0.1) is 0 Å². The molecule has 0 aliphatic heterocycles. The van der Waals surface area contributed by atoms with Crippen LogP contribution < -0.4 is 0 Å². The number of phenols is 1. The topological polar surface area (TPSA) is 77.0 Å². The summed E-state index contributed by atoms with van der Waals surface area (Å²) in [5.74, 6) is 1.15. The Hall–Kier alpha value is -2.63. The Morgan fingerprint density at radius 1 is 1.25 bits per heavy atom. The van der Waals surface area contributed by atoms with Gasteiger partial charge in [0, 0.05) is 18.8 Å². The molecule has 6 nitrogen and oxygen atoms in total. The Morgan fingerprint density at radius 3 is 2.70 bits per heavy atom. The molecule has 0 saturated heterocycles. The van der Waals surface area contributed by atoms with Crippen LogP contribution in [0.3, 0.4) is 0 Å². The molecular weight excluding hydrogens is 256 g/mol. The van der Waals surface area contributed by atoms with Crippen molar-refractivity contribution >= 4 is 0 Å². The predicted molar refractivity (Wildman–Crippen MR) is 73.0 cm³/mol. The number of aryl methyl sites for hydroxylation is 2. The van der Waals surface area contributed by atoms with Gasteiger partial charge >= 0.3 is 0 Å². The second kappa shape index (κ2) is 4.80. The van der Waals surface area contributed by atoms with E-state index in [-0.39, 0.29) is 5.75 Å². The van der Waals surface area contributed by atoms with Crippen molar-refractivity contribution in [1.29, 1.82) is 0 Å². The van der Waals surface area contributed by atoms with Gasteiger partial charge in [-0.25, -0.2) is 0 Å². The second-order valence-corrected chi connectivity index (χ2v) is 4.49. The first kappa shape index (κ1) is 12.4. The van der Waals surface area contributed by atoms with Crippen molar-refractivity contribution in [2.75, 3.05) is 0 Å². The minimum Gasteiger partial charge on any atom is -0.508 e. The van der Waals surface area contributed by atoms with Crippen LogP contribution in [0.15, 0.2) is 35.0 Å². The van der Waals surface area contributed by atoms with Gasteiger partial charge in [0.2, 0.25) is 5.82 Å². The normalized spacial score (nSPS) is 10.9. The average Bonchev–Trinajstić information content (AvgIpc) is 3.05. The lowest BCUT2D eigenvalue weighted by Gasteiger charge is -1.94. The number of aromatic hydroxyl groups is 1. The van der Waals surface area contributed by atoms with E-state index in [9.17, 15) is 5.11 Å². The van der Waals surface area contributed by atoms with Crippen LogP contribution in [0, 0.1) is 0 Å². The van der Waals surface area contributed by atoms with Gasteiger partial charge in [0.1, 0.15) is 5.75 Å². The molecule has 0 unspecified atom stereocenters. The molecule has 20 heavy (non-hydrogen) atoms. The highest BCUT2D eigenvalue weighted by Crippen LogP contribution is 2.25. The molecule has 0 saturated carbocycles. The molecule has 1 N–H and O–H groups in total. The average molecular weight is 270 g/mol. The Morgan fingerprint density at radius 2 is 2.00 bits per heavy atom. The van der Waals surface area contributed by atoms with E-state index in [1.165, 1.54) is 0 Å². The summed E-state index contributed by atoms with van der Waals surface area (Å²) >= 11 is 0. The minimum absolute atomic E-state index is 0.206. The van der Waals surface area contributed by atoms with Gasteiger partial charge in [0.25, 0.3) is 5.89 Å². The number of hydrogen-bond donors (Lipinski definition) is 1. The van der Waals surface area contributed by atoms with E-state index in [0.29, 0.717) is 11.7 Å². The van der Waals surface area contributed by atoms with Gasteiger partial charge in [-0.2, -0.15) is 10.1 Å². The van der Waals surface area contributed by atoms with Gasteiger partial charge in [-0.3, -0.25) is 4.68 Å². The summed E-state index contributed by atoms with van der Waals surface area (Å²) in [6, 6.07) is 6.67. The highest BCUT2D eigenvalue weighted by molar-refractivity contribution is 5.61. The van der Waals surface area contributed by atoms with Crippen molar-refractivity contribution in [2.24, 2.45) is 7.05 Å². The van der Waals surface area contributed by atoms with Crippen LogP contribution in [0.25, 0.3) is 22.8 Å². The first-order chi connectivity index (χ1) is 9.67. The smallest absolute Gasteiger partial charge is 0.261 e. The van der Waals surface area contributed by atoms with E-state index in [0.717, 1.165) is 23.2 Å². The predicted octanol–water partition coefficient (Wildman–Crippen LogP) is 2.41. The van der Waals surface area contributed by atoms with Crippen LogP contribution in [0.2, 0.25) is 0 Å². The lowest BCUT2D eigenvalue weighted by atomic mass is 10.2. The maximum absolute atomic E-state index is 9.28. The third-order valence-corrected chi connectivity index (χ3v) is 3.02. The Balaban J connectivity index is 1.99. The third kappa shape index (κ3) is 2.16. The molecule has 102 valence electrons. The number of phenolic OH excluding ortho intramolecular Hbond substituents is 1. The van der Waals surface area contributed by atoms with Gasteiger partial charge in [-0.05, 0) is 30.7 Å². The molecule has 0 radical (unpaired) electrons. The van der Waals surface area contributed by atoms with Crippen LogP contribution >= 0.6 is 0 Å². The summed E-state index contributed by atoms with van der Waals surface area (Å²) in [5, 5.41) is 17.6. The molecule has 1 aromatic carbocycles. The molecule has 0 aliphatic rings. The summed E-state index contributed by atoms with van der Waals surface area (Å²) < 4.78 is 7.05. The first-order valence-corrected chi connectivity index (χ1v) is 6.33. The molecule has 0 amide bonds. The number of rotatable bonds is 3. The highest BCUT2D eigenvalue weighted by atomic mass is 16.5. The van der Waals surface area contributed by atoms with E-state index in [4.69, 9.17) is 4.52 Å². The summed E-state index contributed by atoms with van der Waals surface area (Å²) in [6.45, 7) is 2.03. The van der Waals surface area contributed by atoms with Crippen molar-refractivity contribution in [3.8, 4) is 28.6 Å². The van der Waals surface area contributed by atoms with Crippen molar-refractivity contribution < 1.29 is 9.63 Å². The lowest BCUT2D eigenvalue weighted by Crippen LogP contribution is -1.89. The highest BCUT2D eigenvalue weighted by Gasteiger charge is 2.16. The monoisotopic (exact) mass is 270 g/mol. The number of nitrogens with zero attached hydrogens (tertiary/aromatic N) is 4. The Labute approximate surface area is 115 Å². The summed E-state index contributed by atoms with van der Waals surface area (Å²) in [7, 11) is 1.86. The molecular formula is C14H14N4O2. The molecule has 2 aromatic heterocycles. The summed E-state index contributed by atoms with van der Waals surface area (Å²) in [5.41, 5.74) is 2.57. The molecule has 6 heteroatoms. The Bertz CT molecular complexity index is 728. The fourth-order valence-electron chi connectivity index (χ4n) is 2.03. The summed E-state index contributed by atoms with van der Waals surface area (Å²) in [6.07, 6.45) is 2.67. The van der Waals surface area contributed by atoms with E-state index in [1.807, 2.05) is 20.2 Å². The van der Waals surface area contributed by atoms with Crippen molar-refractivity contribution in [3.63, 3.8) is 0 Å². The van der Waals surface area contributed by atoms with Crippen LogP contribution in [-0.4, -0.2) is 25.0 Å². The standard InChI is InChI=1S/C14H14N4O2/c1-3-12-11(8-18(2)16-12)14-15-13(17-20-14)9-4-6-10(19)7-5-9/h4-8,19H,3H2,1-2H3. The van der Waals surface area contributed by atoms with Crippen LogP contribution in [0.1, 0.15) is 12.6 Å². The molecule has 0 bridgehead atoms. The molecule has 0 atom stereocenters. The van der Waals surface area contributed by atoms with Gasteiger partial charge in [0.15, 0.2) is 0 Å². The fraction of sp³-hybridized carbons (Fsp3) is 0.214. The number of benzene rings is 1. The number of hydrogen-bond acceptors (Lipinski definition) is 5. The number of aromatic nitrogens is 4. The minimum atomic E-state index is 0.206. The van der Waals surface area contributed by atoms with E-state index >= 15 is 0 Å². The zero-order valence-corrected chi connectivity index (χ0v) is 11.2. The van der Waals surface area contributed by atoms with E-state index in [1.54, 1.807) is 28.9 Å². The second-order valence-electron chi connectivity index (χ2n) is 4.49. The van der Waals surface area contributed by atoms with Crippen LogP contribution in [0.5, 0.6) is 5.75 Å². The van der Waals surface area contributed by atoms with Gasteiger partial charge < -0.3 is 9.63 Å². The summed E-state index contributed by atoms with van der Waals surface area (Å²) in [4.78, 5) is 4.39. The maximum Gasteiger partial charge on any atom is 0.261 e. The van der Waals surface area contributed by atoms with Gasteiger partial charge in [-0.1, -0.05) is 12.1 Å².